The van der Waals surface area contributed by atoms with Crippen LogP contribution in [0.15, 0.2) is 22.7 Å². The Morgan fingerprint density at radius 2 is 2.05 bits per heavy atom. The van der Waals surface area contributed by atoms with Crippen LogP contribution in [0.2, 0.25) is 0 Å². The maximum Gasteiger partial charge on any atom is 0.137 e. The topological polar surface area (TPSA) is 27.0 Å². The Morgan fingerprint density at radius 3 is 2.63 bits per heavy atom. The van der Waals surface area contributed by atoms with E-state index in [-0.39, 0.29) is 23.2 Å². The number of benzene rings is 1. The van der Waals surface area contributed by atoms with E-state index in [0.717, 1.165) is 18.7 Å². The summed E-state index contributed by atoms with van der Waals surface area (Å²) in [6.07, 6.45) is 0. The molecule has 1 saturated heterocycles. The van der Waals surface area contributed by atoms with Crippen LogP contribution in [0.3, 0.4) is 0 Å². The van der Waals surface area contributed by atoms with Gasteiger partial charge in [-0.1, -0.05) is 12.1 Å². The van der Waals surface area contributed by atoms with E-state index < -0.39 is 0 Å². The van der Waals surface area contributed by atoms with Crippen LogP contribution in [-0.2, 0) is 0 Å². The first-order valence-corrected chi connectivity index (χ1v) is 7.22. The largest absolute Gasteiger partial charge is 0.297 e. The van der Waals surface area contributed by atoms with Crippen molar-refractivity contribution >= 4 is 15.9 Å². The van der Waals surface area contributed by atoms with Crippen LogP contribution in [0, 0.1) is 23.1 Å². The van der Waals surface area contributed by atoms with Crippen molar-refractivity contribution in [2.45, 2.75) is 32.2 Å². The van der Waals surface area contributed by atoms with Crippen LogP contribution in [0.1, 0.15) is 32.3 Å². The summed E-state index contributed by atoms with van der Waals surface area (Å²) in [5.74, 6) is -0.282. The van der Waals surface area contributed by atoms with Gasteiger partial charge in [-0.2, -0.15) is 5.26 Å². The lowest BCUT2D eigenvalue weighted by atomic mass is 9.90. The molecule has 0 amide bonds. The number of nitrogens with zero attached hydrogens (tertiary/aromatic N) is 2. The molecule has 19 heavy (non-hydrogen) atoms. The van der Waals surface area contributed by atoms with E-state index in [9.17, 15) is 9.65 Å². The molecule has 0 bridgehead atoms. The molecule has 1 heterocycles. The quantitative estimate of drug-likeness (QED) is 0.782. The molecule has 4 heteroatoms. The highest BCUT2D eigenvalue weighted by Crippen LogP contribution is 2.39. The molecular formula is C15H18BrFN2. The van der Waals surface area contributed by atoms with Gasteiger partial charge in [0.1, 0.15) is 5.82 Å². The minimum Gasteiger partial charge on any atom is -0.297 e. The fraction of sp³-hybridized carbons (Fsp3) is 0.533. The van der Waals surface area contributed by atoms with Crippen molar-refractivity contribution in [1.29, 1.82) is 5.26 Å². The summed E-state index contributed by atoms with van der Waals surface area (Å²) >= 11 is 3.31. The highest BCUT2D eigenvalue weighted by atomic mass is 79.9. The van der Waals surface area contributed by atoms with Gasteiger partial charge in [0.25, 0.3) is 0 Å². The van der Waals surface area contributed by atoms with Crippen LogP contribution in [0.4, 0.5) is 4.39 Å². The summed E-state index contributed by atoms with van der Waals surface area (Å²) in [4.78, 5) is 2.29. The summed E-state index contributed by atoms with van der Waals surface area (Å²) in [6.45, 7) is 7.97. The SMILES string of the molecule is CC(C)(C)N1C[C@@H](C#N)[C@H](c2cccc(F)c2Br)C1. The molecule has 2 nitrogen and oxygen atoms in total. The van der Waals surface area contributed by atoms with Crippen molar-refractivity contribution in [1.82, 2.24) is 4.90 Å². The molecule has 0 spiro atoms. The monoisotopic (exact) mass is 324 g/mol. The third-order valence-corrected chi connectivity index (χ3v) is 4.65. The predicted molar refractivity (Wildman–Crippen MR) is 77.3 cm³/mol. The third kappa shape index (κ3) is 2.82. The maximum absolute atomic E-state index is 13.7. The van der Waals surface area contributed by atoms with Gasteiger partial charge in [0.15, 0.2) is 0 Å². The normalized spacial score (nSPS) is 24.4. The summed E-state index contributed by atoms with van der Waals surface area (Å²) in [5.41, 5.74) is 0.933. The van der Waals surface area contributed by atoms with Crippen molar-refractivity contribution in [3.63, 3.8) is 0 Å². The molecule has 1 fully saturated rings. The van der Waals surface area contributed by atoms with Gasteiger partial charge < -0.3 is 0 Å². The minimum absolute atomic E-state index is 0.0314. The van der Waals surface area contributed by atoms with Crippen molar-refractivity contribution in [3.8, 4) is 6.07 Å². The summed E-state index contributed by atoms with van der Waals surface area (Å²) < 4.78 is 14.1. The van der Waals surface area contributed by atoms with E-state index >= 15 is 0 Å². The molecule has 0 N–H and O–H groups in total. The van der Waals surface area contributed by atoms with Crippen LogP contribution >= 0.6 is 15.9 Å². The minimum atomic E-state index is -0.261. The number of hydrogen-bond acceptors (Lipinski definition) is 2. The first-order chi connectivity index (χ1) is 8.84. The van der Waals surface area contributed by atoms with E-state index in [4.69, 9.17) is 0 Å². The van der Waals surface area contributed by atoms with Crippen LogP contribution < -0.4 is 0 Å². The Kier molecular flexibility index (Phi) is 3.98. The van der Waals surface area contributed by atoms with Crippen molar-refractivity contribution < 1.29 is 4.39 Å². The molecular weight excluding hydrogens is 307 g/mol. The van der Waals surface area contributed by atoms with Crippen molar-refractivity contribution in [2.24, 2.45) is 5.92 Å². The first-order valence-electron chi connectivity index (χ1n) is 6.43. The number of rotatable bonds is 1. The van der Waals surface area contributed by atoms with Gasteiger partial charge in [-0.3, -0.25) is 4.90 Å². The Morgan fingerprint density at radius 1 is 1.37 bits per heavy atom. The first kappa shape index (κ1) is 14.5. The standard InChI is InChI=1S/C15H18BrFN2/c1-15(2,3)19-8-10(7-18)12(9-19)11-5-4-6-13(17)14(11)16/h4-6,10,12H,8-9H2,1-3H3/t10-,12-/m1/s1. The summed E-state index contributed by atoms with van der Waals surface area (Å²) in [5, 5.41) is 9.36. The Hall–Kier alpha value is -0.920. The molecule has 102 valence electrons. The van der Waals surface area contributed by atoms with Gasteiger partial charge >= 0.3 is 0 Å². The smallest absolute Gasteiger partial charge is 0.137 e. The molecule has 1 aromatic rings. The van der Waals surface area contributed by atoms with E-state index in [2.05, 4.69) is 47.7 Å². The highest BCUT2D eigenvalue weighted by Gasteiger charge is 2.39. The molecule has 0 aliphatic carbocycles. The van der Waals surface area contributed by atoms with Gasteiger partial charge in [-0.25, -0.2) is 4.39 Å². The lowest BCUT2D eigenvalue weighted by Crippen LogP contribution is -2.39. The molecule has 0 aromatic heterocycles. The zero-order chi connectivity index (χ0) is 14.2. The molecule has 0 saturated carbocycles. The number of halogens is 2. The second kappa shape index (κ2) is 5.22. The zero-order valence-electron chi connectivity index (χ0n) is 11.5. The van der Waals surface area contributed by atoms with E-state index in [1.54, 1.807) is 6.07 Å². The number of nitriles is 1. The second-order valence-electron chi connectivity index (χ2n) is 6.06. The molecule has 1 aliphatic heterocycles. The Balaban J connectivity index is 2.34. The van der Waals surface area contributed by atoms with Gasteiger partial charge in [0.05, 0.1) is 16.5 Å². The average molecular weight is 325 g/mol. The number of hydrogen-bond donors (Lipinski definition) is 0. The van der Waals surface area contributed by atoms with Crippen molar-refractivity contribution in [2.75, 3.05) is 13.1 Å². The third-order valence-electron chi connectivity index (χ3n) is 3.82. The second-order valence-corrected chi connectivity index (χ2v) is 6.85. The Bertz CT molecular complexity index is 516. The van der Waals surface area contributed by atoms with Gasteiger partial charge in [0.2, 0.25) is 0 Å². The fourth-order valence-corrected chi connectivity index (χ4v) is 3.16. The van der Waals surface area contributed by atoms with Gasteiger partial charge in [0, 0.05) is 24.5 Å². The van der Waals surface area contributed by atoms with Crippen LogP contribution in [0.5, 0.6) is 0 Å². The zero-order valence-corrected chi connectivity index (χ0v) is 13.0. The maximum atomic E-state index is 13.7. The molecule has 0 radical (unpaired) electrons. The van der Waals surface area contributed by atoms with Gasteiger partial charge in [-0.05, 0) is 48.3 Å². The van der Waals surface area contributed by atoms with E-state index in [1.165, 1.54) is 6.07 Å². The van der Waals surface area contributed by atoms with E-state index in [1.807, 2.05) is 6.07 Å². The highest BCUT2D eigenvalue weighted by molar-refractivity contribution is 9.10. The lowest BCUT2D eigenvalue weighted by molar-refractivity contribution is 0.170. The molecule has 2 atom stereocenters. The molecule has 2 rings (SSSR count). The predicted octanol–water partition coefficient (Wildman–Crippen LogP) is 3.93. The van der Waals surface area contributed by atoms with Gasteiger partial charge in [-0.15, -0.1) is 0 Å². The number of likely N-dealkylation sites (tertiary alicyclic amines) is 1. The lowest BCUT2D eigenvalue weighted by Gasteiger charge is -2.31. The average Bonchev–Trinajstić information content (AvgIpc) is 2.76. The van der Waals surface area contributed by atoms with Crippen molar-refractivity contribution in [3.05, 3.63) is 34.1 Å². The van der Waals surface area contributed by atoms with Crippen LogP contribution in [-0.4, -0.2) is 23.5 Å². The molecule has 1 aromatic carbocycles. The Labute approximate surface area is 122 Å². The summed E-state index contributed by atoms with van der Waals surface area (Å²) in [7, 11) is 0. The van der Waals surface area contributed by atoms with Crippen LogP contribution in [0.25, 0.3) is 0 Å². The fourth-order valence-electron chi connectivity index (χ4n) is 2.60. The van der Waals surface area contributed by atoms with E-state index in [0.29, 0.717) is 4.47 Å². The molecule has 1 aliphatic rings. The molecule has 0 unspecified atom stereocenters. The summed E-state index contributed by atoms with van der Waals surface area (Å²) in [6, 6.07) is 7.44.